The molecular weight excluding hydrogens is 692 g/mol. The van der Waals surface area contributed by atoms with E-state index >= 15 is 0 Å². The van der Waals surface area contributed by atoms with Crippen LogP contribution in [-0.2, 0) is 21.2 Å². The lowest BCUT2D eigenvalue weighted by molar-refractivity contribution is 0.0311. The number of aromatic nitrogens is 3. The first-order valence-corrected chi connectivity index (χ1v) is 19.0. The first-order valence-electron chi connectivity index (χ1n) is 15.9. The average molecular weight is 732 g/mol. The van der Waals surface area contributed by atoms with Gasteiger partial charge < -0.3 is 14.1 Å². The van der Waals surface area contributed by atoms with E-state index in [1.54, 1.807) is 6.20 Å². The smallest absolute Gasteiger partial charge is 0.410 e. The van der Waals surface area contributed by atoms with Crippen LogP contribution in [-0.4, -0.2) is 52.9 Å². The SMILES string of the molecule is CC1(c2nc(Br)c3c(Cl)nccn23)CCC(CO[Si](c2ccccc2)(c2ccccc2)C(C)(C)C)N(C(=O)OCc2ccccc2)C1. The van der Waals surface area contributed by atoms with Crippen molar-refractivity contribution in [1.29, 1.82) is 0 Å². The minimum atomic E-state index is -2.83. The van der Waals surface area contributed by atoms with Crippen LogP contribution in [0, 0.1) is 0 Å². The number of carbonyl (C=O) groups is 1. The maximum Gasteiger partial charge on any atom is 0.410 e. The van der Waals surface area contributed by atoms with Crippen LogP contribution in [0.15, 0.2) is 108 Å². The molecule has 1 fully saturated rings. The van der Waals surface area contributed by atoms with Gasteiger partial charge in [-0.25, -0.2) is 14.8 Å². The molecule has 7 nitrogen and oxygen atoms in total. The molecule has 0 N–H and O–H groups in total. The van der Waals surface area contributed by atoms with Crippen LogP contribution < -0.4 is 10.4 Å². The van der Waals surface area contributed by atoms with Crippen molar-refractivity contribution in [2.24, 2.45) is 0 Å². The maximum absolute atomic E-state index is 14.1. The molecule has 0 aliphatic carbocycles. The van der Waals surface area contributed by atoms with Crippen molar-refractivity contribution in [3.63, 3.8) is 0 Å². The van der Waals surface area contributed by atoms with Gasteiger partial charge in [-0.3, -0.25) is 4.40 Å². The summed E-state index contributed by atoms with van der Waals surface area (Å²) in [6.45, 7) is 9.93. The van der Waals surface area contributed by atoms with Crippen molar-refractivity contribution in [2.45, 2.75) is 63.6 Å². The average Bonchev–Trinajstić information content (AvgIpc) is 3.43. The van der Waals surface area contributed by atoms with E-state index in [1.165, 1.54) is 10.4 Å². The van der Waals surface area contributed by atoms with Gasteiger partial charge in [-0.1, -0.05) is 130 Å². The quantitative estimate of drug-likeness (QED) is 0.153. The van der Waals surface area contributed by atoms with E-state index in [1.807, 2.05) is 58.0 Å². The van der Waals surface area contributed by atoms with Crippen LogP contribution >= 0.6 is 27.5 Å². The van der Waals surface area contributed by atoms with E-state index in [-0.39, 0.29) is 23.8 Å². The van der Waals surface area contributed by atoms with E-state index < -0.39 is 13.7 Å². The number of ether oxygens (including phenoxy) is 1. The van der Waals surface area contributed by atoms with Gasteiger partial charge in [-0.2, -0.15) is 0 Å². The zero-order chi connectivity index (χ0) is 33.2. The van der Waals surface area contributed by atoms with Gasteiger partial charge in [0.15, 0.2) is 5.15 Å². The van der Waals surface area contributed by atoms with Crippen LogP contribution in [0.4, 0.5) is 4.79 Å². The Kier molecular flexibility index (Phi) is 9.63. The second-order valence-electron chi connectivity index (χ2n) is 13.6. The molecule has 6 rings (SSSR count). The molecule has 1 saturated heterocycles. The van der Waals surface area contributed by atoms with Crippen molar-refractivity contribution < 1.29 is 14.0 Å². The second kappa shape index (κ2) is 13.5. The molecule has 0 saturated carbocycles. The molecule has 5 aromatic rings. The number of nitrogens with zero attached hydrogens (tertiary/aromatic N) is 4. The van der Waals surface area contributed by atoms with Crippen molar-refractivity contribution >= 4 is 57.8 Å². The Labute approximate surface area is 291 Å². The molecule has 2 aromatic heterocycles. The number of piperidine rings is 1. The molecule has 0 bridgehead atoms. The maximum atomic E-state index is 14.1. The van der Waals surface area contributed by atoms with Crippen molar-refractivity contribution in [3.8, 4) is 0 Å². The summed E-state index contributed by atoms with van der Waals surface area (Å²) in [5.41, 5.74) is 1.16. The fourth-order valence-corrected chi connectivity index (χ4v) is 12.5. The molecule has 1 aliphatic rings. The zero-order valence-corrected chi connectivity index (χ0v) is 30.5. The number of fused-ring (bicyclic) bond motifs is 1. The second-order valence-corrected chi connectivity index (χ2v) is 19.0. The number of benzene rings is 3. The third kappa shape index (κ3) is 6.51. The van der Waals surface area contributed by atoms with Gasteiger partial charge in [0.25, 0.3) is 8.32 Å². The zero-order valence-electron chi connectivity index (χ0n) is 27.2. The predicted molar refractivity (Wildman–Crippen MR) is 193 cm³/mol. The van der Waals surface area contributed by atoms with Crippen LogP contribution in [0.1, 0.15) is 51.9 Å². The van der Waals surface area contributed by atoms with Crippen molar-refractivity contribution in [2.75, 3.05) is 13.2 Å². The summed E-state index contributed by atoms with van der Waals surface area (Å²) in [5.74, 6) is 0.816. The number of imidazole rings is 1. The van der Waals surface area contributed by atoms with E-state index in [0.717, 1.165) is 17.8 Å². The lowest BCUT2D eigenvalue weighted by Gasteiger charge is -2.47. The molecule has 244 valence electrons. The third-order valence-corrected chi connectivity index (χ3v) is 15.2. The highest BCUT2D eigenvalue weighted by atomic mass is 79.9. The van der Waals surface area contributed by atoms with Gasteiger partial charge in [0.2, 0.25) is 0 Å². The number of halogens is 2. The van der Waals surface area contributed by atoms with E-state index in [4.69, 9.17) is 25.7 Å². The molecular formula is C37H40BrClN4O3Si. The highest BCUT2D eigenvalue weighted by Gasteiger charge is 2.51. The summed E-state index contributed by atoms with van der Waals surface area (Å²) in [4.78, 5) is 25.1. The van der Waals surface area contributed by atoms with Crippen molar-refractivity contribution in [1.82, 2.24) is 19.3 Å². The fourth-order valence-electron chi connectivity index (χ4n) is 6.97. The van der Waals surface area contributed by atoms with Gasteiger partial charge in [0, 0.05) is 24.4 Å². The fraction of sp³-hybridized carbons (Fsp3) is 0.324. The van der Waals surface area contributed by atoms with Gasteiger partial charge >= 0.3 is 6.09 Å². The van der Waals surface area contributed by atoms with Gasteiger partial charge in [-0.05, 0) is 49.7 Å². The highest BCUT2D eigenvalue weighted by molar-refractivity contribution is 9.10. The normalized spacial score (nSPS) is 18.8. The molecule has 10 heteroatoms. The third-order valence-electron chi connectivity index (χ3n) is 9.35. The number of rotatable bonds is 8. The Morgan fingerprint density at radius 2 is 1.60 bits per heavy atom. The Bertz CT molecular complexity index is 1800. The van der Waals surface area contributed by atoms with Gasteiger partial charge in [-0.15, -0.1) is 0 Å². The number of hydrogen-bond acceptors (Lipinski definition) is 5. The molecule has 0 spiro atoms. The number of amides is 1. The number of likely N-dealkylation sites (tertiary alicyclic amines) is 1. The van der Waals surface area contributed by atoms with E-state index in [0.29, 0.717) is 34.8 Å². The monoisotopic (exact) mass is 730 g/mol. The Morgan fingerprint density at radius 3 is 2.19 bits per heavy atom. The Hall–Kier alpha value is -3.50. The van der Waals surface area contributed by atoms with Crippen LogP contribution in [0.25, 0.3) is 5.52 Å². The molecule has 2 unspecified atom stereocenters. The Morgan fingerprint density at radius 1 is 1.00 bits per heavy atom. The molecule has 1 aliphatic heterocycles. The first-order chi connectivity index (χ1) is 22.5. The lowest BCUT2D eigenvalue weighted by Crippen LogP contribution is -2.68. The van der Waals surface area contributed by atoms with Crippen LogP contribution in [0.3, 0.4) is 0 Å². The largest absolute Gasteiger partial charge is 0.445 e. The molecule has 0 radical (unpaired) electrons. The van der Waals surface area contributed by atoms with E-state index in [2.05, 4.69) is 97.1 Å². The molecule has 2 atom stereocenters. The highest BCUT2D eigenvalue weighted by Crippen LogP contribution is 2.41. The Balaban J connectivity index is 1.36. The van der Waals surface area contributed by atoms with Crippen LogP contribution in [0.5, 0.6) is 0 Å². The standard InChI is InChI=1S/C37H40BrClN4O3Si/c1-36(2,3)47(29-16-10-6-11-17-29,30-18-12-7-13-19-30)46-25-28-20-21-37(4,34-41-32(38)31-33(39)40-22-23-42(31)34)26-43(28)35(44)45-24-27-14-8-5-9-15-27/h5-19,22-23,28H,20-21,24-26H2,1-4H3. The first kappa shape index (κ1) is 33.4. The number of hydrogen-bond donors (Lipinski definition) is 0. The number of carbonyl (C=O) groups excluding carboxylic acids is 1. The van der Waals surface area contributed by atoms with E-state index in [9.17, 15) is 4.79 Å². The van der Waals surface area contributed by atoms with Crippen LogP contribution in [0.2, 0.25) is 10.2 Å². The summed E-state index contributed by atoms with van der Waals surface area (Å²) in [6, 6.07) is 30.8. The molecule has 47 heavy (non-hydrogen) atoms. The topological polar surface area (TPSA) is 69.0 Å². The molecule has 1 amide bonds. The summed E-state index contributed by atoms with van der Waals surface area (Å²) < 4.78 is 15.9. The summed E-state index contributed by atoms with van der Waals surface area (Å²) >= 11 is 10.1. The molecule has 3 heterocycles. The summed E-state index contributed by atoms with van der Waals surface area (Å²) in [5, 5.41) is 2.59. The van der Waals surface area contributed by atoms with Gasteiger partial charge in [0.05, 0.1) is 12.6 Å². The minimum Gasteiger partial charge on any atom is -0.445 e. The summed E-state index contributed by atoms with van der Waals surface area (Å²) in [6.07, 6.45) is 4.67. The van der Waals surface area contributed by atoms with Crippen molar-refractivity contribution in [3.05, 3.63) is 125 Å². The molecule has 3 aromatic carbocycles. The summed E-state index contributed by atoms with van der Waals surface area (Å²) in [7, 11) is -2.83. The van der Waals surface area contributed by atoms with Gasteiger partial charge in [0.1, 0.15) is 22.6 Å². The predicted octanol–water partition coefficient (Wildman–Crippen LogP) is 7.78. The lowest BCUT2D eigenvalue weighted by atomic mass is 9.78. The minimum absolute atomic E-state index is 0.189.